The van der Waals surface area contributed by atoms with Crippen molar-refractivity contribution in [1.29, 1.82) is 0 Å². The van der Waals surface area contributed by atoms with Crippen molar-refractivity contribution in [1.82, 2.24) is 10.2 Å². The first-order chi connectivity index (χ1) is 11.4. The van der Waals surface area contributed by atoms with Crippen LogP contribution in [0, 0.1) is 0 Å². The Hall–Kier alpha value is -2.06. The molecule has 2 aliphatic heterocycles. The lowest BCUT2D eigenvalue weighted by atomic mass is 10.1. The van der Waals surface area contributed by atoms with Gasteiger partial charge in [0.2, 0.25) is 6.29 Å². The highest BCUT2D eigenvalue weighted by molar-refractivity contribution is 9.11. The van der Waals surface area contributed by atoms with E-state index in [9.17, 15) is 9.50 Å². The van der Waals surface area contributed by atoms with E-state index in [1.165, 1.54) is 0 Å². The predicted octanol–water partition coefficient (Wildman–Crippen LogP) is 3.08. The SMILES string of the molecule is C=C(NC1c2cc3c(cc2N=CN1C)OCC(O)O3)/C(F)=C(\C)Br. The second-order valence-electron chi connectivity index (χ2n) is 5.52. The second kappa shape index (κ2) is 6.45. The van der Waals surface area contributed by atoms with Crippen molar-refractivity contribution in [2.24, 2.45) is 4.99 Å². The molecular weight excluding hydrogens is 381 g/mol. The Balaban J connectivity index is 1.96. The molecule has 0 bridgehead atoms. The average molecular weight is 398 g/mol. The second-order valence-corrected chi connectivity index (χ2v) is 6.71. The topological polar surface area (TPSA) is 66.3 Å². The van der Waals surface area contributed by atoms with Gasteiger partial charge in [-0.15, -0.1) is 0 Å². The molecule has 24 heavy (non-hydrogen) atoms. The molecule has 2 unspecified atom stereocenters. The van der Waals surface area contributed by atoms with E-state index in [0.29, 0.717) is 21.7 Å². The number of hydrogen-bond donors (Lipinski definition) is 2. The zero-order valence-electron chi connectivity index (χ0n) is 13.2. The van der Waals surface area contributed by atoms with Crippen LogP contribution in [0.15, 0.2) is 39.7 Å². The molecule has 128 valence electrons. The summed E-state index contributed by atoms with van der Waals surface area (Å²) < 4.78 is 25.2. The summed E-state index contributed by atoms with van der Waals surface area (Å²) in [5.41, 5.74) is 1.59. The van der Waals surface area contributed by atoms with Gasteiger partial charge in [-0.25, -0.2) is 9.38 Å². The summed E-state index contributed by atoms with van der Waals surface area (Å²) >= 11 is 3.11. The summed E-state index contributed by atoms with van der Waals surface area (Å²) in [5, 5.41) is 12.6. The van der Waals surface area contributed by atoms with Crippen LogP contribution in [0.25, 0.3) is 0 Å². The number of hydrogen-bond acceptors (Lipinski definition) is 6. The number of halogens is 2. The van der Waals surface area contributed by atoms with Gasteiger partial charge in [-0.05, 0) is 13.0 Å². The van der Waals surface area contributed by atoms with E-state index in [1.54, 1.807) is 30.3 Å². The van der Waals surface area contributed by atoms with Crippen LogP contribution in [0.2, 0.25) is 0 Å². The fourth-order valence-electron chi connectivity index (χ4n) is 2.50. The molecule has 2 heterocycles. The number of ether oxygens (including phenoxy) is 2. The van der Waals surface area contributed by atoms with Crippen molar-refractivity contribution in [2.75, 3.05) is 13.7 Å². The van der Waals surface area contributed by atoms with Crippen LogP contribution in [0.3, 0.4) is 0 Å². The van der Waals surface area contributed by atoms with E-state index in [2.05, 4.69) is 32.8 Å². The number of nitrogens with one attached hydrogen (secondary N) is 1. The van der Waals surface area contributed by atoms with E-state index in [1.807, 2.05) is 7.05 Å². The van der Waals surface area contributed by atoms with Crippen LogP contribution < -0.4 is 14.8 Å². The van der Waals surface area contributed by atoms with Crippen LogP contribution in [0.1, 0.15) is 18.7 Å². The van der Waals surface area contributed by atoms with Gasteiger partial charge in [0.1, 0.15) is 6.17 Å². The fourth-order valence-corrected chi connectivity index (χ4v) is 2.74. The number of fused-ring (bicyclic) bond motifs is 2. The Morgan fingerprint density at radius 2 is 2.25 bits per heavy atom. The molecule has 2 atom stereocenters. The van der Waals surface area contributed by atoms with Crippen molar-refractivity contribution in [3.8, 4) is 11.5 Å². The summed E-state index contributed by atoms with van der Waals surface area (Å²) in [7, 11) is 1.81. The highest BCUT2D eigenvalue weighted by atomic mass is 79.9. The summed E-state index contributed by atoms with van der Waals surface area (Å²) in [6.07, 6.45) is 0.231. The number of benzene rings is 1. The Bertz CT molecular complexity index is 746. The van der Waals surface area contributed by atoms with Crippen LogP contribution in [-0.4, -0.2) is 36.3 Å². The minimum Gasteiger partial charge on any atom is -0.483 e. The third-order valence-corrected chi connectivity index (χ3v) is 4.04. The Morgan fingerprint density at radius 3 is 2.96 bits per heavy atom. The predicted molar refractivity (Wildman–Crippen MR) is 92.2 cm³/mol. The van der Waals surface area contributed by atoms with Gasteiger partial charge >= 0.3 is 0 Å². The van der Waals surface area contributed by atoms with Crippen LogP contribution in [0.5, 0.6) is 11.5 Å². The van der Waals surface area contributed by atoms with Gasteiger partial charge < -0.3 is 24.8 Å². The van der Waals surface area contributed by atoms with Crippen molar-refractivity contribution in [2.45, 2.75) is 19.4 Å². The largest absolute Gasteiger partial charge is 0.483 e. The molecule has 8 heteroatoms. The molecule has 6 nitrogen and oxygen atoms in total. The van der Waals surface area contributed by atoms with Crippen molar-refractivity contribution in [3.05, 3.63) is 40.3 Å². The molecule has 0 radical (unpaired) electrons. The summed E-state index contributed by atoms with van der Waals surface area (Å²) in [6, 6.07) is 3.47. The third-order valence-electron chi connectivity index (χ3n) is 3.70. The van der Waals surface area contributed by atoms with E-state index >= 15 is 0 Å². The average Bonchev–Trinajstić information content (AvgIpc) is 2.55. The molecule has 0 aromatic heterocycles. The lowest BCUT2D eigenvalue weighted by Crippen LogP contribution is -2.37. The van der Waals surface area contributed by atoms with Gasteiger partial charge in [0.05, 0.1) is 17.7 Å². The van der Waals surface area contributed by atoms with Crippen LogP contribution in [-0.2, 0) is 0 Å². The Labute approximate surface area is 147 Å². The monoisotopic (exact) mass is 397 g/mol. The van der Waals surface area contributed by atoms with E-state index in [4.69, 9.17) is 9.47 Å². The van der Waals surface area contributed by atoms with Gasteiger partial charge in [-0.3, -0.25) is 0 Å². The zero-order chi connectivity index (χ0) is 17.4. The molecule has 0 aliphatic carbocycles. The number of aliphatic hydroxyl groups excluding tert-OH is 1. The Kier molecular flexibility index (Phi) is 4.51. The van der Waals surface area contributed by atoms with Gasteiger partial charge in [-0.2, -0.15) is 0 Å². The number of allylic oxidation sites excluding steroid dienone is 2. The highest BCUT2D eigenvalue weighted by Crippen LogP contribution is 2.42. The fraction of sp³-hybridized carbons (Fsp3) is 0.312. The van der Waals surface area contributed by atoms with Gasteiger partial charge in [0, 0.05) is 23.2 Å². The van der Waals surface area contributed by atoms with Crippen molar-refractivity contribution in [3.63, 3.8) is 0 Å². The lowest BCUT2D eigenvalue weighted by Gasteiger charge is -2.34. The first kappa shape index (κ1) is 16.8. The lowest BCUT2D eigenvalue weighted by molar-refractivity contribution is -0.0670. The number of rotatable bonds is 3. The van der Waals surface area contributed by atoms with Crippen LogP contribution in [0.4, 0.5) is 10.1 Å². The summed E-state index contributed by atoms with van der Waals surface area (Å²) in [6.45, 7) is 5.40. The first-order valence-corrected chi connectivity index (χ1v) is 8.05. The molecule has 0 saturated carbocycles. The molecule has 1 aromatic rings. The van der Waals surface area contributed by atoms with Gasteiger partial charge in [0.25, 0.3) is 0 Å². The molecule has 3 rings (SSSR count). The first-order valence-electron chi connectivity index (χ1n) is 7.26. The third kappa shape index (κ3) is 3.11. The normalized spacial score (nSPS) is 22.6. The summed E-state index contributed by atoms with van der Waals surface area (Å²) in [4.78, 5) is 6.15. The molecule has 0 amide bonds. The van der Waals surface area contributed by atoms with Crippen molar-refractivity contribution >= 4 is 28.0 Å². The maximum Gasteiger partial charge on any atom is 0.232 e. The number of nitrogens with zero attached hydrogens (tertiary/aromatic N) is 2. The highest BCUT2D eigenvalue weighted by Gasteiger charge is 2.28. The molecule has 0 fully saturated rings. The molecular formula is C16H17BrFN3O3. The van der Waals surface area contributed by atoms with Crippen molar-refractivity contribution < 1.29 is 19.0 Å². The van der Waals surface area contributed by atoms with E-state index in [-0.39, 0.29) is 12.3 Å². The molecule has 2 N–H and O–H groups in total. The van der Waals surface area contributed by atoms with E-state index < -0.39 is 18.3 Å². The van der Waals surface area contributed by atoms with E-state index in [0.717, 1.165) is 5.56 Å². The standard InChI is InChI=1S/C16H17BrFN3O3/c1-8(17)15(18)9(2)20-16-10-4-13-12(23-6-14(22)24-13)5-11(10)19-7-21(16)3/h4-5,7,14,16,20,22H,2,6H2,1,3H3/b15-8-. The molecule has 0 saturated heterocycles. The smallest absolute Gasteiger partial charge is 0.232 e. The summed E-state index contributed by atoms with van der Waals surface area (Å²) in [5.74, 6) is 0.476. The van der Waals surface area contributed by atoms with Gasteiger partial charge in [-0.1, -0.05) is 22.5 Å². The molecule has 0 spiro atoms. The maximum atomic E-state index is 14.0. The number of aliphatic hydroxyl groups is 1. The molecule has 2 aliphatic rings. The zero-order valence-corrected chi connectivity index (χ0v) is 14.8. The minimum atomic E-state index is -1.02. The quantitative estimate of drug-likeness (QED) is 0.767. The number of aliphatic imine (C=N–C) groups is 1. The van der Waals surface area contributed by atoms with Crippen LogP contribution >= 0.6 is 15.9 Å². The maximum absolute atomic E-state index is 14.0. The Morgan fingerprint density at radius 1 is 1.50 bits per heavy atom. The van der Waals surface area contributed by atoms with Gasteiger partial charge in [0.15, 0.2) is 23.9 Å². The molecule has 1 aromatic carbocycles. The minimum absolute atomic E-state index is 0.0639.